The highest BCUT2D eigenvalue weighted by Gasteiger charge is 2.51. The number of nitrogens with zero attached hydrogens (tertiary/aromatic N) is 5. The molecule has 0 aliphatic heterocycles. The first-order valence-corrected chi connectivity index (χ1v) is 9.37. The molecule has 1 aliphatic rings. The molecule has 1 aliphatic carbocycles. The van der Waals surface area contributed by atoms with Gasteiger partial charge in [-0.2, -0.15) is 4.98 Å². The van der Waals surface area contributed by atoms with Crippen molar-refractivity contribution in [2.24, 2.45) is 0 Å². The first kappa shape index (κ1) is 18.4. The molecule has 0 amide bonds. The average Bonchev–Trinajstić information content (AvgIpc) is 3.23. The van der Waals surface area contributed by atoms with E-state index in [0.717, 1.165) is 5.56 Å². The van der Waals surface area contributed by atoms with Crippen LogP contribution >= 0.6 is 34.8 Å². The average molecular weight is 427 g/mol. The highest BCUT2D eigenvalue weighted by Crippen LogP contribution is 2.50. The Morgan fingerprint density at radius 3 is 2.63 bits per heavy atom. The van der Waals surface area contributed by atoms with Crippen LogP contribution in [0.15, 0.2) is 18.2 Å². The van der Waals surface area contributed by atoms with Gasteiger partial charge in [0, 0.05) is 17.0 Å². The maximum Gasteiger partial charge on any atom is 0.303 e. The largest absolute Gasteiger partial charge is 0.453 e. The first-order valence-electron chi connectivity index (χ1n) is 8.24. The van der Waals surface area contributed by atoms with Crippen LogP contribution in [0.2, 0.25) is 15.3 Å². The molecule has 27 heavy (non-hydrogen) atoms. The summed E-state index contributed by atoms with van der Waals surface area (Å²) < 4.78 is 7.10. The van der Waals surface area contributed by atoms with Crippen molar-refractivity contribution in [2.75, 3.05) is 0 Å². The second-order valence-corrected chi connectivity index (χ2v) is 7.66. The van der Waals surface area contributed by atoms with Gasteiger partial charge < -0.3 is 4.74 Å². The molecule has 0 radical (unpaired) electrons. The minimum absolute atomic E-state index is 0.0360. The minimum Gasteiger partial charge on any atom is -0.453 e. The van der Waals surface area contributed by atoms with Crippen molar-refractivity contribution in [3.8, 4) is 0 Å². The first-order chi connectivity index (χ1) is 12.8. The number of hydrogen-bond acceptors (Lipinski definition) is 6. The standard InChI is InChI=1S/C17H14Cl3N5O2/c1-8(11-4-3-10(18)7-12(11)19)25-15-13(23-24-25)14(21-16(20)22-15)17(5-6-17)27-9(2)26/h3-4,7-8H,5-6H2,1-2H3/t8-/m1/s1. The lowest BCUT2D eigenvalue weighted by Crippen LogP contribution is -2.18. The van der Waals surface area contributed by atoms with Gasteiger partial charge in [-0.25, -0.2) is 9.67 Å². The van der Waals surface area contributed by atoms with Gasteiger partial charge in [0.1, 0.15) is 5.69 Å². The fourth-order valence-electron chi connectivity index (χ4n) is 3.13. The summed E-state index contributed by atoms with van der Waals surface area (Å²) in [7, 11) is 0. The molecule has 140 valence electrons. The third kappa shape index (κ3) is 3.24. The van der Waals surface area contributed by atoms with Crippen molar-refractivity contribution in [3.63, 3.8) is 0 Å². The van der Waals surface area contributed by atoms with Gasteiger partial charge in [0.15, 0.2) is 16.8 Å². The van der Waals surface area contributed by atoms with Gasteiger partial charge in [0.05, 0.1) is 6.04 Å². The molecule has 1 fully saturated rings. The topological polar surface area (TPSA) is 82.8 Å². The summed E-state index contributed by atoms with van der Waals surface area (Å²) in [4.78, 5) is 20.1. The quantitative estimate of drug-likeness (QED) is 0.456. The van der Waals surface area contributed by atoms with Gasteiger partial charge in [-0.15, -0.1) is 5.10 Å². The zero-order chi connectivity index (χ0) is 19.3. The van der Waals surface area contributed by atoms with E-state index in [2.05, 4.69) is 20.3 Å². The van der Waals surface area contributed by atoms with Crippen molar-refractivity contribution in [1.82, 2.24) is 25.0 Å². The van der Waals surface area contributed by atoms with Gasteiger partial charge >= 0.3 is 5.97 Å². The highest BCUT2D eigenvalue weighted by atomic mass is 35.5. The summed E-state index contributed by atoms with van der Waals surface area (Å²) in [5.41, 5.74) is 1.38. The number of hydrogen-bond donors (Lipinski definition) is 0. The van der Waals surface area contributed by atoms with E-state index in [1.165, 1.54) is 6.92 Å². The molecule has 3 aromatic rings. The van der Waals surface area contributed by atoms with Gasteiger partial charge in [0.2, 0.25) is 5.28 Å². The van der Waals surface area contributed by atoms with Crippen LogP contribution in [0, 0.1) is 0 Å². The van der Waals surface area contributed by atoms with E-state index in [-0.39, 0.29) is 17.3 Å². The van der Waals surface area contributed by atoms with E-state index in [1.54, 1.807) is 16.8 Å². The maximum atomic E-state index is 11.5. The number of fused-ring (bicyclic) bond motifs is 1. The van der Waals surface area contributed by atoms with Crippen LogP contribution in [-0.4, -0.2) is 30.9 Å². The fraction of sp³-hybridized carbons (Fsp3) is 0.353. The Morgan fingerprint density at radius 1 is 1.26 bits per heavy atom. The predicted molar refractivity (Wildman–Crippen MR) is 101 cm³/mol. The van der Waals surface area contributed by atoms with Crippen LogP contribution in [0.1, 0.15) is 44.0 Å². The maximum absolute atomic E-state index is 11.5. The Morgan fingerprint density at radius 2 is 2.00 bits per heavy atom. The molecule has 1 atom stereocenters. The summed E-state index contributed by atoms with van der Waals surface area (Å²) in [6.07, 6.45) is 1.31. The number of aromatic nitrogens is 5. The molecule has 2 aromatic heterocycles. The van der Waals surface area contributed by atoms with Crippen molar-refractivity contribution < 1.29 is 9.53 Å². The molecule has 2 heterocycles. The summed E-state index contributed by atoms with van der Waals surface area (Å²) in [6, 6.07) is 4.98. The Bertz CT molecular complexity index is 1060. The number of carbonyl (C=O) groups is 1. The summed E-state index contributed by atoms with van der Waals surface area (Å²) >= 11 is 18.5. The lowest BCUT2D eigenvalue weighted by Gasteiger charge is -2.16. The monoisotopic (exact) mass is 425 g/mol. The summed E-state index contributed by atoms with van der Waals surface area (Å²) in [5.74, 6) is -0.385. The third-order valence-electron chi connectivity index (χ3n) is 4.55. The van der Waals surface area contributed by atoms with E-state index in [4.69, 9.17) is 39.5 Å². The molecule has 10 heteroatoms. The van der Waals surface area contributed by atoms with Crippen LogP contribution in [0.5, 0.6) is 0 Å². The second-order valence-electron chi connectivity index (χ2n) is 6.48. The minimum atomic E-state index is -0.807. The molecular weight excluding hydrogens is 413 g/mol. The predicted octanol–water partition coefficient (Wildman–Crippen LogP) is 4.34. The zero-order valence-electron chi connectivity index (χ0n) is 14.4. The zero-order valence-corrected chi connectivity index (χ0v) is 16.7. The number of benzene rings is 1. The molecule has 1 saturated carbocycles. The van der Waals surface area contributed by atoms with Crippen LogP contribution < -0.4 is 0 Å². The van der Waals surface area contributed by atoms with Crippen molar-refractivity contribution in [3.05, 3.63) is 44.8 Å². The van der Waals surface area contributed by atoms with E-state index >= 15 is 0 Å². The highest BCUT2D eigenvalue weighted by molar-refractivity contribution is 6.35. The summed E-state index contributed by atoms with van der Waals surface area (Å²) in [5, 5.41) is 9.56. The van der Waals surface area contributed by atoms with E-state index < -0.39 is 5.60 Å². The molecule has 7 nitrogen and oxygen atoms in total. The number of carbonyl (C=O) groups excluding carboxylic acids is 1. The fourth-order valence-corrected chi connectivity index (χ4v) is 3.86. The summed E-state index contributed by atoms with van der Waals surface area (Å²) in [6.45, 7) is 3.28. The van der Waals surface area contributed by atoms with Crippen molar-refractivity contribution in [1.29, 1.82) is 0 Å². The van der Waals surface area contributed by atoms with Crippen LogP contribution in [0.3, 0.4) is 0 Å². The Kier molecular flexibility index (Phi) is 4.49. The van der Waals surface area contributed by atoms with Gasteiger partial charge in [-0.3, -0.25) is 4.79 Å². The van der Waals surface area contributed by atoms with Crippen LogP contribution in [0.4, 0.5) is 0 Å². The van der Waals surface area contributed by atoms with Crippen molar-refractivity contribution in [2.45, 2.75) is 38.3 Å². The number of ether oxygens (including phenoxy) is 1. The van der Waals surface area contributed by atoms with Crippen molar-refractivity contribution >= 4 is 51.9 Å². The van der Waals surface area contributed by atoms with E-state index in [1.807, 2.05) is 13.0 Å². The molecule has 0 unspecified atom stereocenters. The molecule has 0 bridgehead atoms. The normalized spacial score (nSPS) is 16.3. The Labute approximate surface area is 169 Å². The number of rotatable bonds is 4. The molecule has 0 N–H and O–H groups in total. The van der Waals surface area contributed by atoms with Gasteiger partial charge in [-0.05, 0) is 49.1 Å². The smallest absolute Gasteiger partial charge is 0.303 e. The van der Waals surface area contributed by atoms with Crippen LogP contribution in [-0.2, 0) is 15.1 Å². The van der Waals surface area contributed by atoms with Gasteiger partial charge in [-0.1, -0.05) is 34.5 Å². The van der Waals surface area contributed by atoms with E-state index in [0.29, 0.717) is 39.7 Å². The Hall–Kier alpha value is -1.96. The second kappa shape index (κ2) is 6.58. The lowest BCUT2D eigenvalue weighted by atomic mass is 10.1. The van der Waals surface area contributed by atoms with Crippen LogP contribution in [0.25, 0.3) is 11.2 Å². The molecule has 0 spiro atoms. The van der Waals surface area contributed by atoms with Gasteiger partial charge in [0.25, 0.3) is 0 Å². The lowest BCUT2D eigenvalue weighted by molar-refractivity contribution is -0.149. The Balaban J connectivity index is 1.83. The molecule has 4 rings (SSSR count). The number of halogens is 3. The SMILES string of the molecule is CC(=O)OC1(c2nc(Cl)nc3c2nnn3[C@H](C)c2ccc(Cl)cc2Cl)CC1. The molecule has 1 aromatic carbocycles. The third-order valence-corrected chi connectivity index (χ3v) is 5.28. The molecule has 0 saturated heterocycles. The molecular formula is C17H14Cl3N5O2. The van der Waals surface area contributed by atoms with E-state index in [9.17, 15) is 4.79 Å². The number of esters is 1.